The summed E-state index contributed by atoms with van der Waals surface area (Å²) in [6.45, 7) is -0.146. The molecular weight excluding hydrogens is 291 g/mol. The zero-order valence-electron chi connectivity index (χ0n) is 11.4. The molecule has 2 amide bonds. The summed E-state index contributed by atoms with van der Waals surface area (Å²) in [6.07, 6.45) is -3.14. The van der Waals surface area contributed by atoms with Gasteiger partial charge in [-0.15, -0.1) is 0 Å². The summed E-state index contributed by atoms with van der Waals surface area (Å²) < 4.78 is 36.7. The van der Waals surface area contributed by atoms with E-state index in [0.29, 0.717) is 12.8 Å². The van der Waals surface area contributed by atoms with Crippen LogP contribution >= 0.6 is 0 Å². The number of rotatable bonds is 4. The average molecular weight is 309 g/mol. The summed E-state index contributed by atoms with van der Waals surface area (Å²) in [6, 6.07) is -0.408. The number of carbonyl (C=O) groups is 2. The number of halogens is 3. The van der Waals surface area contributed by atoms with Gasteiger partial charge in [-0.25, -0.2) is 4.79 Å². The van der Waals surface area contributed by atoms with Crippen LogP contribution in [0.2, 0.25) is 0 Å². The number of piperazine rings is 1. The van der Waals surface area contributed by atoms with Crippen LogP contribution in [-0.4, -0.2) is 72.4 Å². The van der Waals surface area contributed by atoms with E-state index in [1.54, 1.807) is 0 Å². The van der Waals surface area contributed by atoms with E-state index >= 15 is 0 Å². The first-order chi connectivity index (χ1) is 9.72. The number of aliphatic carboxylic acids is 1. The fourth-order valence-corrected chi connectivity index (χ4v) is 2.34. The predicted molar refractivity (Wildman–Crippen MR) is 66.8 cm³/mol. The Kier molecular flexibility index (Phi) is 4.31. The van der Waals surface area contributed by atoms with Gasteiger partial charge in [0.15, 0.2) is 0 Å². The maximum atomic E-state index is 12.2. The predicted octanol–water partition coefficient (Wildman–Crippen LogP) is 0.741. The zero-order valence-corrected chi connectivity index (χ0v) is 11.4. The molecule has 0 aromatic heterocycles. The summed E-state index contributed by atoms with van der Waals surface area (Å²) in [5.74, 6) is -0.919. The Balaban J connectivity index is 1.72. The minimum atomic E-state index is -4.23. The second-order valence-electron chi connectivity index (χ2n) is 5.62. The van der Waals surface area contributed by atoms with E-state index in [9.17, 15) is 22.8 Å². The van der Waals surface area contributed by atoms with Crippen molar-refractivity contribution in [3.8, 4) is 0 Å². The SMILES string of the molecule is O=C(NCC1(C(=O)O)CC1)N1CCN(CC(F)(F)F)CC1. The lowest BCUT2D eigenvalue weighted by Gasteiger charge is -2.35. The van der Waals surface area contributed by atoms with Crippen LogP contribution in [0.3, 0.4) is 0 Å². The summed E-state index contributed by atoms with van der Waals surface area (Å²) in [4.78, 5) is 25.5. The molecule has 0 bridgehead atoms. The third kappa shape index (κ3) is 4.23. The number of nitrogens with zero attached hydrogens (tertiary/aromatic N) is 2. The maximum absolute atomic E-state index is 12.2. The fraction of sp³-hybridized carbons (Fsp3) is 0.833. The highest BCUT2D eigenvalue weighted by Gasteiger charge is 2.50. The highest BCUT2D eigenvalue weighted by molar-refractivity contribution is 5.80. The van der Waals surface area contributed by atoms with Gasteiger partial charge in [0.05, 0.1) is 12.0 Å². The molecule has 1 heterocycles. The van der Waals surface area contributed by atoms with Gasteiger partial charge in [-0.2, -0.15) is 13.2 Å². The summed E-state index contributed by atoms with van der Waals surface area (Å²) in [5.41, 5.74) is -0.840. The van der Waals surface area contributed by atoms with Crippen molar-refractivity contribution in [2.24, 2.45) is 5.41 Å². The Morgan fingerprint density at radius 3 is 2.14 bits per heavy atom. The maximum Gasteiger partial charge on any atom is 0.401 e. The Hall–Kier alpha value is -1.51. The minimum absolute atomic E-state index is 0.0733. The van der Waals surface area contributed by atoms with Crippen molar-refractivity contribution >= 4 is 12.0 Å². The Morgan fingerprint density at radius 1 is 1.14 bits per heavy atom. The highest BCUT2D eigenvalue weighted by Crippen LogP contribution is 2.45. The molecule has 0 aromatic carbocycles. The van der Waals surface area contributed by atoms with Crippen molar-refractivity contribution in [3.05, 3.63) is 0 Å². The van der Waals surface area contributed by atoms with E-state index in [4.69, 9.17) is 5.11 Å². The number of carbonyl (C=O) groups excluding carboxylic acids is 1. The van der Waals surface area contributed by atoms with Crippen LogP contribution in [0.4, 0.5) is 18.0 Å². The summed E-state index contributed by atoms with van der Waals surface area (Å²) in [7, 11) is 0. The number of hydrogen-bond donors (Lipinski definition) is 2. The highest BCUT2D eigenvalue weighted by atomic mass is 19.4. The normalized spacial score (nSPS) is 22.0. The second-order valence-corrected chi connectivity index (χ2v) is 5.62. The molecule has 0 aromatic rings. The van der Waals surface area contributed by atoms with Gasteiger partial charge in [-0.1, -0.05) is 0 Å². The Bertz CT molecular complexity index is 416. The van der Waals surface area contributed by atoms with E-state index in [2.05, 4.69) is 5.32 Å². The lowest BCUT2D eigenvalue weighted by Crippen LogP contribution is -2.54. The molecule has 2 rings (SSSR count). The van der Waals surface area contributed by atoms with Crippen LogP contribution < -0.4 is 5.32 Å². The van der Waals surface area contributed by atoms with Crippen LogP contribution in [-0.2, 0) is 4.79 Å². The van der Waals surface area contributed by atoms with Crippen molar-refractivity contribution in [3.63, 3.8) is 0 Å². The molecule has 1 aliphatic carbocycles. The van der Waals surface area contributed by atoms with Crippen LogP contribution in [0.5, 0.6) is 0 Å². The summed E-state index contributed by atoms with van der Waals surface area (Å²) >= 11 is 0. The van der Waals surface area contributed by atoms with E-state index in [-0.39, 0.29) is 32.7 Å². The number of nitrogens with one attached hydrogen (secondary N) is 1. The van der Waals surface area contributed by atoms with E-state index in [0.717, 1.165) is 0 Å². The first-order valence-corrected chi connectivity index (χ1v) is 6.77. The lowest BCUT2D eigenvalue weighted by atomic mass is 10.1. The second kappa shape index (κ2) is 5.70. The van der Waals surface area contributed by atoms with Gasteiger partial charge in [0.2, 0.25) is 0 Å². The van der Waals surface area contributed by atoms with Gasteiger partial charge in [0.25, 0.3) is 0 Å². The fourth-order valence-electron chi connectivity index (χ4n) is 2.34. The molecule has 1 saturated heterocycles. The molecule has 120 valence electrons. The lowest BCUT2D eigenvalue weighted by molar-refractivity contribution is -0.148. The molecule has 0 atom stereocenters. The molecule has 2 fully saturated rings. The number of carboxylic acids is 1. The molecule has 1 aliphatic heterocycles. The monoisotopic (exact) mass is 309 g/mol. The largest absolute Gasteiger partial charge is 0.481 e. The molecular formula is C12H18F3N3O3. The Morgan fingerprint density at radius 2 is 1.71 bits per heavy atom. The van der Waals surface area contributed by atoms with E-state index < -0.39 is 30.1 Å². The molecule has 1 saturated carbocycles. The molecule has 6 nitrogen and oxygen atoms in total. The topological polar surface area (TPSA) is 72.9 Å². The molecule has 21 heavy (non-hydrogen) atoms. The van der Waals surface area contributed by atoms with Gasteiger partial charge in [0.1, 0.15) is 0 Å². The smallest absolute Gasteiger partial charge is 0.401 e. The first-order valence-electron chi connectivity index (χ1n) is 6.77. The minimum Gasteiger partial charge on any atom is -0.481 e. The number of urea groups is 1. The van der Waals surface area contributed by atoms with Crippen molar-refractivity contribution in [1.29, 1.82) is 0 Å². The van der Waals surface area contributed by atoms with Gasteiger partial charge in [-0.05, 0) is 12.8 Å². The molecule has 0 radical (unpaired) electrons. The number of alkyl halides is 3. The van der Waals surface area contributed by atoms with Gasteiger partial charge in [0, 0.05) is 32.7 Å². The number of amides is 2. The molecule has 0 unspecified atom stereocenters. The van der Waals surface area contributed by atoms with Crippen molar-refractivity contribution in [1.82, 2.24) is 15.1 Å². The van der Waals surface area contributed by atoms with Crippen molar-refractivity contribution < 1.29 is 27.9 Å². The summed E-state index contributed by atoms with van der Waals surface area (Å²) in [5, 5.41) is 11.6. The van der Waals surface area contributed by atoms with Gasteiger partial charge >= 0.3 is 18.2 Å². The molecule has 2 aliphatic rings. The van der Waals surface area contributed by atoms with Crippen LogP contribution in [0, 0.1) is 5.41 Å². The van der Waals surface area contributed by atoms with Crippen LogP contribution in [0.25, 0.3) is 0 Å². The van der Waals surface area contributed by atoms with Crippen LogP contribution in [0.1, 0.15) is 12.8 Å². The first kappa shape index (κ1) is 15.9. The quantitative estimate of drug-likeness (QED) is 0.803. The number of carboxylic acid groups (broad SMARTS) is 1. The van der Waals surface area contributed by atoms with E-state index in [1.807, 2.05) is 0 Å². The average Bonchev–Trinajstić information content (AvgIpc) is 3.16. The molecule has 9 heteroatoms. The van der Waals surface area contributed by atoms with Gasteiger partial charge < -0.3 is 15.3 Å². The van der Waals surface area contributed by atoms with Crippen LogP contribution in [0.15, 0.2) is 0 Å². The van der Waals surface area contributed by atoms with Crippen molar-refractivity contribution in [2.45, 2.75) is 19.0 Å². The molecule has 0 spiro atoms. The molecule has 2 N–H and O–H groups in total. The zero-order chi connectivity index (χ0) is 15.7. The van der Waals surface area contributed by atoms with Crippen molar-refractivity contribution in [2.75, 3.05) is 39.3 Å². The third-order valence-corrected chi connectivity index (χ3v) is 3.95. The van der Waals surface area contributed by atoms with Gasteiger partial charge in [-0.3, -0.25) is 9.69 Å². The van der Waals surface area contributed by atoms with E-state index in [1.165, 1.54) is 9.80 Å². The number of hydrogen-bond acceptors (Lipinski definition) is 3. The Labute approximate surface area is 119 Å². The third-order valence-electron chi connectivity index (χ3n) is 3.95. The standard InChI is InChI=1S/C12H18F3N3O3/c13-12(14,15)8-17-3-5-18(6-4-17)10(21)16-7-11(1-2-11)9(19)20/h1-8H2,(H,16,21)(H,19,20).